The van der Waals surface area contributed by atoms with E-state index in [4.69, 9.17) is 4.74 Å². The maximum absolute atomic E-state index is 5.91. The summed E-state index contributed by atoms with van der Waals surface area (Å²) >= 11 is 1.84. The van der Waals surface area contributed by atoms with E-state index in [1.807, 2.05) is 25.9 Å². The molecule has 0 amide bonds. The quantitative estimate of drug-likeness (QED) is 0.551. The standard InChI is InChI=1S/C14H26NOS/c1-11(2)7-6-8-12(3)9-13-10-17-14(16-13)15(4)5/h7,12-13H,6,8-10H2,1-5H3/q+1. The molecule has 1 heterocycles. The van der Waals surface area contributed by atoms with Gasteiger partial charge in [-0.25, -0.2) is 0 Å². The molecule has 2 nitrogen and oxygen atoms in total. The minimum atomic E-state index is 0.416. The molecule has 0 bridgehead atoms. The van der Waals surface area contributed by atoms with Crippen LogP contribution in [-0.2, 0) is 4.74 Å². The van der Waals surface area contributed by atoms with Gasteiger partial charge in [0.2, 0.25) is 0 Å². The third-order valence-corrected chi connectivity index (χ3v) is 4.15. The minimum Gasteiger partial charge on any atom is -0.435 e. The molecule has 0 spiro atoms. The van der Waals surface area contributed by atoms with Gasteiger partial charge in [0.05, 0.1) is 0 Å². The predicted molar refractivity (Wildman–Crippen MR) is 76.9 cm³/mol. The van der Waals surface area contributed by atoms with Gasteiger partial charge in [-0.15, -0.1) is 0 Å². The van der Waals surface area contributed by atoms with Crippen molar-refractivity contribution in [1.82, 2.24) is 0 Å². The van der Waals surface area contributed by atoms with Gasteiger partial charge in [-0.3, -0.25) is 0 Å². The first-order valence-electron chi connectivity index (χ1n) is 6.46. The Bertz CT molecular complexity index is 301. The van der Waals surface area contributed by atoms with Crippen molar-refractivity contribution >= 4 is 17.0 Å². The van der Waals surface area contributed by atoms with Gasteiger partial charge in [-0.1, -0.05) is 18.6 Å². The number of rotatable bonds is 5. The molecule has 1 rings (SSSR count). The molecule has 1 aliphatic rings. The summed E-state index contributed by atoms with van der Waals surface area (Å²) in [6.45, 7) is 6.67. The zero-order chi connectivity index (χ0) is 12.8. The molecule has 0 aliphatic carbocycles. The van der Waals surface area contributed by atoms with Gasteiger partial charge in [-0.2, -0.15) is 4.58 Å². The predicted octanol–water partition coefficient (Wildman–Crippen LogP) is 3.52. The highest BCUT2D eigenvalue weighted by molar-refractivity contribution is 8.13. The first-order chi connectivity index (χ1) is 7.99. The fraction of sp³-hybridized carbons (Fsp3) is 0.786. The number of ether oxygens (including phenoxy) is 1. The Morgan fingerprint density at radius 1 is 1.53 bits per heavy atom. The van der Waals surface area contributed by atoms with E-state index in [1.54, 1.807) is 0 Å². The molecular weight excluding hydrogens is 230 g/mol. The van der Waals surface area contributed by atoms with E-state index in [2.05, 4.69) is 31.4 Å². The van der Waals surface area contributed by atoms with Gasteiger partial charge < -0.3 is 4.74 Å². The molecule has 1 aliphatic heterocycles. The summed E-state index contributed by atoms with van der Waals surface area (Å²) in [4.78, 5) is 0. The van der Waals surface area contributed by atoms with Gasteiger partial charge in [0.25, 0.3) is 0 Å². The van der Waals surface area contributed by atoms with Crippen LogP contribution in [0.1, 0.15) is 40.0 Å². The molecule has 0 aromatic heterocycles. The molecule has 2 unspecified atom stereocenters. The lowest BCUT2D eigenvalue weighted by Crippen LogP contribution is -2.17. The van der Waals surface area contributed by atoms with Crippen LogP contribution in [-0.4, -0.2) is 35.8 Å². The molecule has 2 atom stereocenters. The topological polar surface area (TPSA) is 12.2 Å². The lowest BCUT2D eigenvalue weighted by Gasteiger charge is -2.14. The lowest BCUT2D eigenvalue weighted by atomic mass is 9.98. The highest BCUT2D eigenvalue weighted by Gasteiger charge is 2.28. The number of hydrogen-bond acceptors (Lipinski definition) is 2. The van der Waals surface area contributed by atoms with Gasteiger partial charge in [0, 0.05) is 5.75 Å². The summed E-state index contributed by atoms with van der Waals surface area (Å²) in [5.41, 5.74) is 1.42. The van der Waals surface area contributed by atoms with E-state index < -0.39 is 0 Å². The van der Waals surface area contributed by atoms with Crippen molar-refractivity contribution in [2.45, 2.75) is 46.1 Å². The number of nitrogens with zero attached hydrogens (tertiary/aromatic N) is 1. The average molecular weight is 256 g/mol. The Labute approximate surface area is 110 Å². The van der Waals surface area contributed by atoms with E-state index >= 15 is 0 Å². The largest absolute Gasteiger partial charge is 0.435 e. The summed E-state index contributed by atoms with van der Waals surface area (Å²) in [5, 5.41) is 1.08. The Hall–Kier alpha value is -0.440. The highest BCUT2D eigenvalue weighted by atomic mass is 32.2. The maximum atomic E-state index is 5.91. The summed E-state index contributed by atoms with van der Waals surface area (Å²) in [6, 6.07) is 0. The van der Waals surface area contributed by atoms with Crippen molar-refractivity contribution in [1.29, 1.82) is 0 Å². The van der Waals surface area contributed by atoms with Crippen LogP contribution in [0.4, 0.5) is 0 Å². The number of thioether (sulfide) groups is 1. The molecule has 0 radical (unpaired) electrons. The van der Waals surface area contributed by atoms with Crippen LogP contribution >= 0.6 is 11.8 Å². The lowest BCUT2D eigenvalue weighted by molar-refractivity contribution is -0.470. The highest BCUT2D eigenvalue weighted by Crippen LogP contribution is 2.26. The third-order valence-electron chi connectivity index (χ3n) is 2.90. The van der Waals surface area contributed by atoms with Crippen LogP contribution in [0.15, 0.2) is 11.6 Å². The van der Waals surface area contributed by atoms with Crippen molar-refractivity contribution < 1.29 is 9.31 Å². The molecule has 1 fully saturated rings. The molecule has 0 aromatic carbocycles. The first-order valence-corrected chi connectivity index (χ1v) is 7.44. The van der Waals surface area contributed by atoms with Gasteiger partial charge >= 0.3 is 5.23 Å². The molecule has 1 saturated heterocycles. The molecule has 17 heavy (non-hydrogen) atoms. The zero-order valence-electron chi connectivity index (χ0n) is 11.8. The van der Waals surface area contributed by atoms with Crippen LogP contribution in [0.5, 0.6) is 0 Å². The fourth-order valence-electron chi connectivity index (χ4n) is 1.95. The second-order valence-corrected chi connectivity index (χ2v) is 6.38. The van der Waals surface area contributed by atoms with E-state index in [1.165, 1.54) is 24.8 Å². The Balaban J connectivity index is 2.26. The molecular formula is C14H26NOS+. The number of allylic oxidation sites excluding steroid dienone is 2. The Morgan fingerprint density at radius 2 is 2.24 bits per heavy atom. The summed E-state index contributed by atoms with van der Waals surface area (Å²) in [7, 11) is 4.09. The van der Waals surface area contributed by atoms with Crippen molar-refractivity contribution in [3.05, 3.63) is 11.6 Å². The molecule has 0 aromatic rings. The monoisotopic (exact) mass is 256 g/mol. The third kappa shape index (κ3) is 5.62. The number of hydrogen-bond donors (Lipinski definition) is 0. The Kier molecular flexibility index (Phi) is 6.10. The van der Waals surface area contributed by atoms with E-state index in [0.29, 0.717) is 6.10 Å². The second kappa shape index (κ2) is 7.10. The van der Waals surface area contributed by atoms with Crippen LogP contribution < -0.4 is 0 Å². The van der Waals surface area contributed by atoms with Crippen LogP contribution in [0.2, 0.25) is 0 Å². The van der Waals surface area contributed by atoms with Gasteiger partial charge in [-0.05, 0) is 50.8 Å². The molecule has 98 valence electrons. The maximum Gasteiger partial charge on any atom is 0.400 e. The fourth-order valence-corrected chi connectivity index (χ4v) is 2.94. The molecule has 0 N–H and O–H groups in total. The van der Waals surface area contributed by atoms with Crippen molar-refractivity contribution in [2.24, 2.45) is 5.92 Å². The van der Waals surface area contributed by atoms with Crippen molar-refractivity contribution in [3.63, 3.8) is 0 Å². The van der Waals surface area contributed by atoms with Crippen LogP contribution in [0.3, 0.4) is 0 Å². The summed E-state index contributed by atoms with van der Waals surface area (Å²) < 4.78 is 7.98. The minimum absolute atomic E-state index is 0.416. The van der Waals surface area contributed by atoms with Crippen LogP contribution in [0.25, 0.3) is 0 Å². The smallest absolute Gasteiger partial charge is 0.400 e. The summed E-state index contributed by atoms with van der Waals surface area (Å²) in [6.07, 6.45) is 6.40. The second-order valence-electron chi connectivity index (χ2n) is 5.41. The normalized spacial score (nSPS) is 21.0. The first kappa shape index (κ1) is 14.6. The zero-order valence-corrected chi connectivity index (χ0v) is 12.6. The summed E-state index contributed by atoms with van der Waals surface area (Å²) in [5.74, 6) is 1.86. The van der Waals surface area contributed by atoms with Crippen molar-refractivity contribution in [2.75, 3.05) is 19.8 Å². The van der Waals surface area contributed by atoms with Crippen molar-refractivity contribution in [3.8, 4) is 0 Å². The van der Waals surface area contributed by atoms with Crippen LogP contribution in [0, 0.1) is 5.92 Å². The van der Waals surface area contributed by atoms with E-state index in [-0.39, 0.29) is 0 Å². The van der Waals surface area contributed by atoms with E-state index in [0.717, 1.165) is 16.9 Å². The van der Waals surface area contributed by atoms with Gasteiger partial charge in [0.15, 0.2) is 0 Å². The molecule has 3 heteroatoms. The Morgan fingerprint density at radius 3 is 2.76 bits per heavy atom. The molecule has 0 saturated carbocycles. The average Bonchev–Trinajstić information content (AvgIpc) is 2.65. The van der Waals surface area contributed by atoms with E-state index in [9.17, 15) is 0 Å². The SMILES string of the molecule is CC(C)=CCCC(C)CC1CSC(=[N+](C)C)O1. The van der Waals surface area contributed by atoms with Gasteiger partial charge in [0.1, 0.15) is 20.2 Å².